The highest BCUT2D eigenvalue weighted by Crippen LogP contribution is 2.35. The summed E-state index contributed by atoms with van der Waals surface area (Å²) in [5.41, 5.74) is 6.49. The van der Waals surface area contributed by atoms with E-state index < -0.39 is 23.5 Å². The highest BCUT2D eigenvalue weighted by Gasteiger charge is 2.31. The molecule has 0 bridgehead atoms. The number of rotatable bonds is 8. The molecule has 7 aromatic carbocycles. The monoisotopic (exact) mass is 920 g/mol. The van der Waals surface area contributed by atoms with Gasteiger partial charge in [0.05, 0.1) is 11.1 Å². The second-order valence-corrected chi connectivity index (χ2v) is 16.5. The summed E-state index contributed by atoms with van der Waals surface area (Å²) < 4.78 is 87.0. The summed E-state index contributed by atoms with van der Waals surface area (Å²) in [7, 11) is 0. The smallest absolute Gasteiger partial charge is 0.416 e. The lowest BCUT2D eigenvalue weighted by molar-refractivity contribution is -0.138. The van der Waals surface area contributed by atoms with Crippen LogP contribution in [0.4, 0.5) is 26.3 Å². The molecular formula is C56H34F6N6O. The lowest BCUT2D eigenvalue weighted by atomic mass is 9.90. The standard InChI is InChI=1S/C56H34F6N6O/c57-55(58,59)43-23-17-35(18-24-43)51-63-49(33-9-3-1-4-10-33)65-53(67-51)41-15-7-13-37(29-41)39-21-27-47-45(31-39)46-32-40(22-28-48(46)69-47)38-14-8-16-42(30-38)54-66-50(34-11-5-2-6-12-34)64-52(68-54)36-19-25-44(26-20-36)56(60,61)62/h1-21,23-32,40H,22H2. The molecule has 0 amide bonds. The topological polar surface area (TPSA) is 90.5 Å². The highest BCUT2D eigenvalue weighted by atomic mass is 19.4. The van der Waals surface area contributed by atoms with E-state index in [2.05, 4.69) is 28.2 Å². The molecule has 13 heteroatoms. The number of hydrogen-bond donors (Lipinski definition) is 0. The van der Waals surface area contributed by atoms with Crippen LogP contribution < -0.4 is 10.6 Å². The van der Waals surface area contributed by atoms with Gasteiger partial charge in [0.15, 0.2) is 34.9 Å². The fourth-order valence-corrected chi connectivity index (χ4v) is 8.44. The lowest BCUT2D eigenvalue weighted by Gasteiger charge is -2.15. The Morgan fingerprint density at radius 1 is 0.391 bits per heavy atom. The summed E-state index contributed by atoms with van der Waals surface area (Å²) in [5, 5.41) is 1.87. The number of fused-ring (bicyclic) bond motifs is 3. The Morgan fingerprint density at radius 3 is 1.30 bits per heavy atom. The summed E-state index contributed by atoms with van der Waals surface area (Å²) in [6, 6.07) is 50.0. The Labute approximate surface area is 389 Å². The highest BCUT2D eigenvalue weighted by molar-refractivity contribution is 5.86. The van der Waals surface area contributed by atoms with E-state index in [0.29, 0.717) is 46.4 Å². The van der Waals surface area contributed by atoms with Crippen LogP contribution in [0.1, 0.15) is 29.0 Å². The average molecular weight is 921 g/mol. The first-order valence-electron chi connectivity index (χ1n) is 21.8. The van der Waals surface area contributed by atoms with Crippen molar-refractivity contribution >= 4 is 23.1 Å². The molecule has 1 aliphatic carbocycles. The maximum absolute atomic E-state index is 13.4. The number of benzene rings is 7. The van der Waals surface area contributed by atoms with Gasteiger partial charge in [-0.05, 0) is 77.7 Å². The minimum absolute atomic E-state index is 0.0449. The molecule has 69 heavy (non-hydrogen) atoms. The van der Waals surface area contributed by atoms with E-state index in [0.717, 1.165) is 79.2 Å². The van der Waals surface area contributed by atoms with Crippen molar-refractivity contribution in [2.45, 2.75) is 24.7 Å². The van der Waals surface area contributed by atoms with Gasteiger partial charge in [-0.2, -0.15) is 26.3 Å². The molecule has 0 fully saturated rings. The SMILES string of the molecule is FC(F)(F)c1ccc(-c2nc(-c3ccccc3)nc(-c3cccc(-c4ccc5oc6c(c5c4)=CC(c4cccc(-c5nc(-c7ccccc7)nc(-c7ccc(C(F)(F)F)cc7)n5)c4)CC=6)c3)n2)cc1. The Hall–Kier alpha value is -8.58. The predicted molar refractivity (Wildman–Crippen MR) is 253 cm³/mol. The molecular weight excluding hydrogens is 887 g/mol. The third-order valence-electron chi connectivity index (χ3n) is 12.0. The molecule has 0 saturated heterocycles. The largest absolute Gasteiger partial charge is 0.456 e. The van der Waals surface area contributed by atoms with Gasteiger partial charge in [0.2, 0.25) is 0 Å². The van der Waals surface area contributed by atoms with Crippen molar-refractivity contribution in [3.05, 3.63) is 203 Å². The molecule has 1 aliphatic rings. The van der Waals surface area contributed by atoms with Gasteiger partial charge in [-0.15, -0.1) is 0 Å². The van der Waals surface area contributed by atoms with E-state index in [1.807, 2.05) is 121 Å². The zero-order valence-electron chi connectivity index (χ0n) is 36.0. The molecule has 3 heterocycles. The van der Waals surface area contributed by atoms with E-state index in [-0.39, 0.29) is 17.6 Å². The van der Waals surface area contributed by atoms with Crippen LogP contribution in [0.15, 0.2) is 180 Å². The lowest BCUT2D eigenvalue weighted by Crippen LogP contribution is -2.25. The van der Waals surface area contributed by atoms with Crippen LogP contribution in [-0.4, -0.2) is 29.9 Å². The Bertz CT molecular complexity index is 3670. The summed E-state index contributed by atoms with van der Waals surface area (Å²) >= 11 is 0. The molecule has 7 nitrogen and oxygen atoms in total. The number of halogens is 6. The first kappa shape index (κ1) is 43.0. The Balaban J connectivity index is 0.935. The van der Waals surface area contributed by atoms with E-state index in [4.69, 9.17) is 24.4 Å². The number of nitrogens with zero attached hydrogens (tertiary/aromatic N) is 6. The van der Waals surface area contributed by atoms with Gasteiger partial charge >= 0.3 is 12.4 Å². The van der Waals surface area contributed by atoms with Crippen LogP contribution in [0.2, 0.25) is 0 Å². The van der Waals surface area contributed by atoms with Crippen LogP contribution in [-0.2, 0) is 12.4 Å². The van der Waals surface area contributed by atoms with Crippen molar-refractivity contribution in [2.75, 3.05) is 0 Å². The molecule has 0 radical (unpaired) electrons. The van der Waals surface area contributed by atoms with E-state index in [9.17, 15) is 26.3 Å². The van der Waals surface area contributed by atoms with Gasteiger partial charge in [0.1, 0.15) is 11.0 Å². The van der Waals surface area contributed by atoms with Crippen molar-refractivity contribution in [1.82, 2.24) is 29.9 Å². The number of hydrogen-bond acceptors (Lipinski definition) is 7. The first-order chi connectivity index (χ1) is 33.4. The van der Waals surface area contributed by atoms with Gasteiger partial charge in [-0.3, -0.25) is 0 Å². The van der Waals surface area contributed by atoms with Crippen LogP contribution in [0.5, 0.6) is 0 Å². The molecule has 0 spiro atoms. The zero-order valence-corrected chi connectivity index (χ0v) is 36.0. The maximum Gasteiger partial charge on any atom is 0.416 e. The summed E-state index contributed by atoms with van der Waals surface area (Å²) in [4.78, 5) is 28.6. The summed E-state index contributed by atoms with van der Waals surface area (Å²) in [6.07, 6.45) is -4.00. The van der Waals surface area contributed by atoms with Crippen molar-refractivity contribution in [3.8, 4) is 79.5 Å². The summed E-state index contributed by atoms with van der Waals surface area (Å²) in [6.45, 7) is 0. The van der Waals surface area contributed by atoms with Gasteiger partial charge in [-0.1, -0.05) is 133 Å². The first-order valence-corrected chi connectivity index (χ1v) is 21.8. The Kier molecular flexibility index (Phi) is 10.8. The second-order valence-electron chi connectivity index (χ2n) is 16.5. The molecule has 11 rings (SSSR count). The summed E-state index contributed by atoms with van der Waals surface area (Å²) in [5.74, 6) is 1.96. The van der Waals surface area contributed by atoms with Gasteiger partial charge < -0.3 is 4.42 Å². The molecule has 0 N–H and O–H groups in total. The van der Waals surface area contributed by atoms with E-state index >= 15 is 0 Å². The Morgan fingerprint density at radius 2 is 0.797 bits per heavy atom. The van der Waals surface area contributed by atoms with Gasteiger partial charge in [-0.25, -0.2) is 29.9 Å². The normalized spacial score (nSPS) is 13.7. The number of furan rings is 1. The molecule has 0 saturated carbocycles. The fourth-order valence-electron chi connectivity index (χ4n) is 8.44. The van der Waals surface area contributed by atoms with E-state index in [1.165, 1.54) is 24.3 Å². The van der Waals surface area contributed by atoms with Crippen LogP contribution >= 0.6 is 0 Å². The average Bonchev–Trinajstić information content (AvgIpc) is 3.76. The van der Waals surface area contributed by atoms with E-state index in [1.54, 1.807) is 0 Å². The fraction of sp³-hybridized carbons (Fsp3) is 0.0714. The number of alkyl halides is 6. The zero-order chi connectivity index (χ0) is 47.3. The number of aromatic nitrogens is 6. The predicted octanol–water partition coefficient (Wildman–Crippen LogP) is 13.3. The molecule has 0 aliphatic heterocycles. The van der Waals surface area contributed by atoms with Crippen LogP contribution in [0.3, 0.4) is 0 Å². The van der Waals surface area contributed by atoms with Crippen molar-refractivity contribution in [3.63, 3.8) is 0 Å². The van der Waals surface area contributed by atoms with Crippen molar-refractivity contribution < 1.29 is 30.8 Å². The minimum atomic E-state index is -4.48. The van der Waals surface area contributed by atoms with Gasteiger partial charge in [0, 0.05) is 49.9 Å². The molecule has 1 unspecified atom stereocenters. The minimum Gasteiger partial charge on any atom is -0.456 e. The van der Waals surface area contributed by atoms with Crippen LogP contribution in [0, 0.1) is 0 Å². The molecule has 336 valence electrons. The maximum atomic E-state index is 13.4. The molecule has 1 atom stereocenters. The van der Waals surface area contributed by atoms with Gasteiger partial charge in [0.25, 0.3) is 0 Å². The molecule has 10 aromatic rings. The van der Waals surface area contributed by atoms with Crippen molar-refractivity contribution in [2.24, 2.45) is 0 Å². The van der Waals surface area contributed by atoms with Crippen molar-refractivity contribution in [1.29, 1.82) is 0 Å². The second kappa shape index (κ2) is 17.3. The third-order valence-corrected chi connectivity index (χ3v) is 12.0. The third kappa shape index (κ3) is 8.77. The molecule has 3 aromatic heterocycles. The van der Waals surface area contributed by atoms with Crippen LogP contribution in [0.25, 0.3) is 103 Å². The quantitative estimate of drug-likeness (QED) is 0.140.